The van der Waals surface area contributed by atoms with E-state index in [1.807, 2.05) is 12.1 Å². The van der Waals surface area contributed by atoms with Crippen molar-refractivity contribution in [2.75, 3.05) is 11.9 Å². The number of hydrogen-bond donors (Lipinski definition) is 2. The number of aryl methyl sites for hydroxylation is 1. The Morgan fingerprint density at radius 2 is 1.97 bits per heavy atom. The summed E-state index contributed by atoms with van der Waals surface area (Å²) in [4.78, 5) is 19.4. The molecule has 4 rings (SSSR count). The predicted octanol–water partition coefficient (Wildman–Crippen LogP) is 4.36. The molecule has 0 spiro atoms. The number of aromatic carboxylic acids is 1. The Hall–Kier alpha value is -3.74. The average Bonchev–Trinajstić information content (AvgIpc) is 3.03. The van der Waals surface area contributed by atoms with Crippen LogP contribution in [0, 0.1) is 12.7 Å². The highest BCUT2D eigenvalue weighted by Crippen LogP contribution is 2.22. The molecule has 146 valence electrons. The van der Waals surface area contributed by atoms with Crippen LogP contribution in [0.4, 0.5) is 10.2 Å². The quantitative estimate of drug-likeness (QED) is 0.511. The van der Waals surface area contributed by atoms with Crippen molar-refractivity contribution in [2.24, 2.45) is 0 Å². The summed E-state index contributed by atoms with van der Waals surface area (Å²) >= 11 is 0. The molecular weight excluding hydrogens is 371 g/mol. The van der Waals surface area contributed by atoms with Crippen molar-refractivity contribution in [1.29, 1.82) is 0 Å². The summed E-state index contributed by atoms with van der Waals surface area (Å²) in [6, 6.07) is 16.1. The molecule has 2 aromatic carbocycles. The molecule has 2 heterocycles. The number of para-hydroxylation sites is 1. The second-order valence-electron chi connectivity index (χ2n) is 6.71. The summed E-state index contributed by atoms with van der Waals surface area (Å²) < 4.78 is 16.2. The first-order valence-electron chi connectivity index (χ1n) is 9.17. The highest BCUT2D eigenvalue weighted by Gasteiger charge is 2.12. The number of anilines is 1. The number of nitrogens with zero attached hydrogens (tertiary/aromatic N) is 3. The Morgan fingerprint density at radius 1 is 1.14 bits per heavy atom. The van der Waals surface area contributed by atoms with Crippen LogP contribution in [0.3, 0.4) is 0 Å². The minimum absolute atomic E-state index is 0.365. The number of hydrogen-bond acceptors (Lipinski definition) is 4. The lowest BCUT2D eigenvalue weighted by molar-refractivity contribution is 0.0692. The fourth-order valence-corrected chi connectivity index (χ4v) is 3.40. The van der Waals surface area contributed by atoms with E-state index in [0.29, 0.717) is 23.6 Å². The van der Waals surface area contributed by atoms with Crippen LogP contribution in [0.2, 0.25) is 0 Å². The van der Waals surface area contributed by atoms with Gasteiger partial charge in [0.05, 0.1) is 11.3 Å². The summed E-state index contributed by atoms with van der Waals surface area (Å²) in [6.07, 6.45) is 1.40. The van der Waals surface area contributed by atoms with Gasteiger partial charge in [0.2, 0.25) is 0 Å². The zero-order valence-electron chi connectivity index (χ0n) is 15.8. The maximum absolute atomic E-state index is 14.0. The number of carbonyl (C=O) groups is 1. The van der Waals surface area contributed by atoms with Crippen molar-refractivity contribution in [2.45, 2.75) is 13.5 Å². The third kappa shape index (κ3) is 3.80. The first-order valence-corrected chi connectivity index (χ1v) is 9.17. The van der Waals surface area contributed by atoms with Crippen LogP contribution in [0.15, 0.2) is 60.9 Å². The standard InChI is InChI=1S/C22H19FN4O2/c1-14-10-16-4-2-3-5-20(16)27(14)9-8-24-21-12-19(25-13-26-21)15-6-7-17(22(28)29)18(23)11-15/h2-7,10-13H,8-9H2,1H3,(H,28,29)(H,24,25,26). The van der Waals surface area contributed by atoms with Gasteiger partial charge in [0.25, 0.3) is 0 Å². The smallest absolute Gasteiger partial charge is 0.338 e. The van der Waals surface area contributed by atoms with Gasteiger partial charge in [0, 0.05) is 35.9 Å². The van der Waals surface area contributed by atoms with E-state index in [1.54, 1.807) is 6.07 Å². The summed E-state index contributed by atoms with van der Waals surface area (Å²) in [5.41, 5.74) is 3.01. The fourth-order valence-electron chi connectivity index (χ4n) is 3.40. The third-order valence-electron chi connectivity index (χ3n) is 4.82. The van der Waals surface area contributed by atoms with Gasteiger partial charge in [-0.2, -0.15) is 0 Å². The maximum Gasteiger partial charge on any atom is 0.338 e. The molecule has 4 aromatic rings. The Morgan fingerprint density at radius 3 is 2.76 bits per heavy atom. The molecule has 0 unspecified atom stereocenters. The molecule has 0 radical (unpaired) electrons. The van der Waals surface area contributed by atoms with Crippen LogP contribution in [0.5, 0.6) is 0 Å². The predicted molar refractivity (Wildman–Crippen MR) is 110 cm³/mol. The maximum atomic E-state index is 14.0. The van der Waals surface area contributed by atoms with Crippen molar-refractivity contribution in [3.05, 3.63) is 78.0 Å². The summed E-state index contributed by atoms with van der Waals surface area (Å²) in [7, 11) is 0. The van der Waals surface area contributed by atoms with E-state index in [1.165, 1.54) is 41.1 Å². The van der Waals surface area contributed by atoms with E-state index in [2.05, 4.69) is 45.0 Å². The normalized spacial score (nSPS) is 11.0. The van der Waals surface area contributed by atoms with Gasteiger partial charge in [-0.25, -0.2) is 19.2 Å². The molecule has 0 saturated heterocycles. The molecule has 0 atom stereocenters. The Kier molecular flexibility index (Phi) is 4.95. The number of carboxylic acid groups (broad SMARTS) is 1. The zero-order valence-corrected chi connectivity index (χ0v) is 15.8. The van der Waals surface area contributed by atoms with E-state index >= 15 is 0 Å². The molecule has 7 heteroatoms. The highest BCUT2D eigenvalue weighted by molar-refractivity contribution is 5.88. The summed E-state index contributed by atoms with van der Waals surface area (Å²) in [5, 5.41) is 13.4. The molecule has 6 nitrogen and oxygen atoms in total. The molecule has 0 aliphatic carbocycles. The Balaban J connectivity index is 1.49. The second-order valence-corrected chi connectivity index (χ2v) is 6.71. The SMILES string of the molecule is Cc1cc2ccccc2n1CCNc1cc(-c2ccc(C(=O)O)c(F)c2)ncn1. The molecule has 0 fully saturated rings. The minimum atomic E-state index is -1.30. The lowest BCUT2D eigenvalue weighted by atomic mass is 10.1. The van der Waals surface area contributed by atoms with Crippen LogP contribution < -0.4 is 5.32 Å². The van der Waals surface area contributed by atoms with Crippen LogP contribution in [0.1, 0.15) is 16.1 Å². The molecule has 0 aliphatic heterocycles. The number of rotatable bonds is 6. The van der Waals surface area contributed by atoms with E-state index < -0.39 is 11.8 Å². The van der Waals surface area contributed by atoms with Crippen molar-refractivity contribution in [1.82, 2.24) is 14.5 Å². The number of fused-ring (bicyclic) bond motifs is 1. The van der Waals surface area contributed by atoms with E-state index in [-0.39, 0.29) is 5.56 Å². The monoisotopic (exact) mass is 390 g/mol. The lowest BCUT2D eigenvalue weighted by Gasteiger charge is -2.11. The molecule has 0 saturated carbocycles. The molecule has 29 heavy (non-hydrogen) atoms. The largest absolute Gasteiger partial charge is 0.478 e. The van der Waals surface area contributed by atoms with Gasteiger partial charge in [-0.15, -0.1) is 0 Å². The number of aromatic nitrogens is 3. The van der Waals surface area contributed by atoms with Crippen molar-refractivity contribution >= 4 is 22.7 Å². The van der Waals surface area contributed by atoms with E-state index in [4.69, 9.17) is 5.11 Å². The third-order valence-corrected chi connectivity index (χ3v) is 4.82. The summed E-state index contributed by atoms with van der Waals surface area (Å²) in [6.45, 7) is 3.50. The topological polar surface area (TPSA) is 80.0 Å². The van der Waals surface area contributed by atoms with Gasteiger partial charge in [0.1, 0.15) is 18.0 Å². The molecule has 0 amide bonds. The first kappa shape index (κ1) is 18.6. The Bertz CT molecular complexity index is 1200. The van der Waals surface area contributed by atoms with Gasteiger partial charge in [0.15, 0.2) is 0 Å². The minimum Gasteiger partial charge on any atom is -0.478 e. The number of benzene rings is 2. The number of halogens is 1. The van der Waals surface area contributed by atoms with Gasteiger partial charge in [-0.1, -0.05) is 24.3 Å². The zero-order chi connectivity index (χ0) is 20.4. The summed E-state index contributed by atoms with van der Waals surface area (Å²) in [5.74, 6) is -1.48. The van der Waals surface area contributed by atoms with Gasteiger partial charge < -0.3 is 15.0 Å². The number of nitrogens with one attached hydrogen (secondary N) is 1. The number of carboxylic acids is 1. The molecule has 2 N–H and O–H groups in total. The van der Waals surface area contributed by atoms with E-state index in [9.17, 15) is 9.18 Å². The van der Waals surface area contributed by atoms with Crippen molar-refractivity contribution in [3.63, 3.8) is 0 Å². The molecule has 2 aromatic heterocycles. The Labute approximate surface area is 166 Å². The average molecular weight is 390 g/mol. The van der Waals surface area contributed by atoms with Crippen LogP contribution >= 0.6 is 0 Å². The van der Waals surface area contributed by atoms with Crippen molar-refractivity contribution < 1.29 is 14.3 Å². The molecule has 0 aliphatic rings. The first-order chi connectivity index (χ1) is 14.0. The van der Waals surface area contributed by atoms with Gasteiger partial charge in [-0.3, -0.25) is 0 Å². The second kappa shape index (κ2) is 7.71. The molecular formula is C22H19FN4O2. The van der Waals surface area contributed by atoms with Crippen molar-refractivity contribution in [3.8, 4) is 11.3 Å². The highest BCUT2D eigenvalue weighted by atomic mass is 19.1. The van der Waals surface area contributed by atoms with Gasteiger partial charge in [-0.05, 0) is 36.6 Å². The lowest BCUT2D eigenvalue weighted by Crippen LogP contribution is -2.12. The van der Waals surface area contributed by atoms with Gasteiger partial charge >= 0.3 is 5.97 Å². The van der Waals surface area contributed by atoms with Crippen LogP contribution in [-0.2, 0) is 6.54 Å². The fraction of sp³-hybridized carbons (Fsp3) is 0.136. The van der Waals surface area contributed by atoms with Crippen LogP contribution in [-0.4, -0.2) is 32.2 Å². The molecule has 0 bridgehead atoms. The van der Waals surface area contributed by atoms with E-state index in [0.717, 1.165) is 6.54 Å². The van der Waals surface area contributed by atoms with Crippen LogP contribution in [0.25, 0.3) is 22.2 Å².